The molecule has 5 nitrogen and oxygen atoms in total. The maximum absolute atomic E-state index is 13.3. The number of alkyl halides is 1. The third-order valence-electron chi connectivity index (χ3n) is 8.06. The van der Waals surface area contributed by atoms with Crippen LogP contribution in [-0.2, 0) is 27.7 Å². The van der Waals surface area contributed by atoms with Gasteiger partial charge >= 0.3 is 21.1 Å². The van der Waals surface area contributed by atoms with E-state index in [4.69, 9.17) is 9.72 Å². The summed E-state index contributed by atoms with van der Waals surface area (Å²) < 4.78 is 23.5. The Morgan fingerprint density at radius 3 is 2.42 bits per heavy atom. The van der Waals surface area contributed by atoms with Crippen LogP contribution in [0.3, 0.4) is 0 Å². The van der Waals surface area contributed by atoms with Crippen molar-refractivity contribution in [1.82, 2.24) is 19.3 Å². The van der Waals surface area contributed by atoms with E-state index in [1.807, 2.05) is 74.9 Å². The van der Waals surface area contributed by atoms with Crippen molar-refractivity contribution in [2.24, 2.45) is 0 Å². The summed E-state index contributed by atoms with van der Waals surface area (Å²) in [4.78, 5) is 4.74. The second kappa shape index (κ2) is 12.5. The molecule has 0 radical (unpaired) electrons. The summed E-state index contributed by atoms with van der Waals surface area (Å²) in [7, 11) is 0. The molecule has 0 unspecified atom stereocenters. The predicted octanol–water partition coefficient (Wildman–Crippen LogP) is 9.63. The molecule has 0 aliphatic heterocycles. The molecule has 0 fully saturated rings. The Kier molecular flexibility index (Phi) is 8.44. The van der Waals surface area contributed by atoms with Gasteiger partial charge in [0.05, 0.1) is 6.20 Å². The molecular formula is C38H31FN4OPt. The molecule has 0 amide bonds. The number of fused-ring (bicyclic) bond motifs is 3. The molecule has 0 bridgehead atoms. The number of aromatic nitrogens is 4. The van der Waals surface area contributed by atoms with E-state index >= 15 is 0 Å². The van der Waals surface area contributed by atoms with Gasteiger partial charge < -0.3 is 9.30 Å². The van der Waals surface area contributed by atoms with Crippen LogP contribution in [0.25, 0.3) is 44.4 Å². The Morgan fingerprint density at radius 1 is 0.867 bits per heavy atom. The molecule has 0 spiro atoms. The number of pyridine rings is 1. The quantitative estimate of drug-likeness (QED) is 0.152. The summed E-state index contributed by atoms with van der Waals surface area (Å²) in [6.45, 7) is 7.90. The van der Waals surface area contributed by atoms with Gasteiger partial charge in [0.15, 0.2) is 0 Å². The third-order valence-corrected chi connectivity index (χ3v) is 8.06. The molecular weight excluding hydrogens is 743 g/mol. The summed E-state index contributed by atoms with van der Waals surface area (Å²) >= 11 is 0. The molecule has 0 atom stereocenters. The molecule has 0 aliphatic carbocycles. The van der Waals surface area contributed by atoms with Crippen molar-refractivity contribution < 1.29 is 30.2 Å². The van der Waals surface area contributed by atoms with E-state index in [-0.39, 0.29) is 21.1 Å². The minimum absolute atomic E-state index is 0. The number of rotatable bonds is 7. The SMILES string of the molecule is Cc1cc(CF)cc(C)c1-c1cnn(-c2[c-]c(Oc3[c-]c4c(cc3)c3ccccc3n4-c3cc(C(C)C)ccn3)ccc2)c1.[Pt+2]. The van der Waals surface area contributed by atoms with Crippen molar-refractivity contribution in [3.05, 3.63) is 132 Å². The molecule has 7 rings (SSSR count). The Labute approximate surface area is 276 Å². The van der Waals surface area contributed by atoms with Crippen LogP contribution >= 0.6 is 0 Å². The van der Waals surface area contributed by atoms with Crippen LogP contribution in [0.1, 0.15) is 42.0 Å². The number of hydrogen-bond acceptors (Lipinski definition) is 3. The first-order valence-electron chi connectivity index (χ1n) is 14.7. The van der Waals surface area contributed by atoms with Crippen molar-refractivity contribution >= 4 is 21.8 Å². The molecule has 3 heterocycles. The van der Waals surface area contributed by atoms with Crippen molar-refractivity contribution in [2.45, 2.75) is 40.3 Å². The van der Waals surface area contributed by atoms with Crippen LogP contribution in [-0.4, -0.2) is 19.3 Å². The van der Waals surface area contributed by atoms with Gasteiger partial charge in [-0.2, -0.15) is 17.2 Å². The van der Waals surface area contributed by atoms with E-state index in [0.29, 0.717) is 23.0 Å². The fourth-order valence-corrected chi connectivity index (χ4v) is 6.00. The monoisotopic (exact) mass is 773 g/mol. The van der Waals surface area contributed by atoms with Gasteiger partial charge in [-0.15, -0.1) is 35.7 Å². The topological polar surface area (TPSA) is 44.9 Å². The molecule has 226 valence electrons. The number of halogens is 1. The Hall–Kier alpha value is -4.54. The maximum Gasteiger partial charge on any atom is 2.00 e. The zero-order valence-electron chi connectivity index (χ0n) is 25.4. The van der Waals surface area contributed by atoms with Gasteiger partial charge in [-0.3, -0.25) is 4.68 Å². The average molecular weight is 774 g/mol. The molecule has 45 heavy (non-hydrogen) atoms. The fourth-order valence-electron chi connectivity index (χ4n) is 6.00. The second-order valence-corrected chi connectivity index (χ2v) is 11.5. The fraction of sp³-hybridized carbons (Fsp3) is 0.158. The van der Waals surface area contributed by atoms with Gasteiger partial charge in [0, 0.05) is 35.0 Å². The Balaban J connectivity index is 0.00000357. The van der Waals surface area contributed by atoms with Gasteiger partial charge in [0.1, 0.15) is 12.5 Å². The predicted molar refractivity (Wildman–Crippen MR) is 174 cm³/mol. The van der Waals surface area contributed by atoms with E-state index in [0.717, 1.165) is 55.6 Å². The van der Waals surface area contributed by atoms with Crippen LogP contribution in [0.15, 0.2) is 97.5 Å². The van der Waals surface area contributed by atoms with E-state index in [1.54, 1.807) is 4.68 Å². The van der Waals surface area contributed by atoms with E-state index in [9.17, 15) is 4.39 Å². The molecule has 3 aromatic heterocycles. The van der Waals surface area contributed by atoms with Gasteiger partial charge in [-0.05, 0) is 76.9 Å². The number of hydrogen-bond donors (Lipinski definition) is 0. The van der Waals surface area contributed by atoms with Crippen LogP contribution in [0.2, 0.25) is 0 Å². The van der Waals surface area contributed by atoms with E-state index in [1.165, 1.54) is 5.56 Å². The third kappa shape index (κ3) is 5.71. The zero-order valence-corrected chi connectivity index (χ0v) is 27.7. The molecule has 7 aromatic rings. The number of aryl methyl sites for hydroxylation is 2. The summed E-state index contributed by atoms with van der Waals surface area (Å²) in [5.74, 6) is 2.37. The molecule has 4 aromatic carbocycles. The van der Waals surface area contributed by atoms with Crippen molar-refractivity contribution in [2.75, 3.05) is 0 Å². The summed E-state index contributed by atoms with van der Waals surface area (Å²) in [6, 6.07) is 33.0. The van der Waals surface area contributed by atoms with Gasteiger partial charge in [0.2, 0.25) is 0 Å². The summed E-state index contributed by atoms with van der Waals surface area (Å²) in [5.41, 5.74) is 8.69. The standard InChI is InChI=1S/C38H31FN4O.Pt/c1-24(2)28-14-15-40-37(18-28)43-35-11-6-5-10-33(35)34-13-12-32(20-36(34)43)44-31-9-7-8-30(19-31)42-23-29(22-41-42)38-25(3)16-27(21-39)17-26(38)4;/h5-18,22-24H,21H2,1-4H3;/q-2;+2. The van der Waals surface area contributed by atoms with Crippen LogP contribution in [0.4, 0.5) is 4.39 Å². The zero-order chi connectivity index (χ0) is 30.4. The average Bonchev–Trinajstić information content (AvgIpc) is 3.64. The molecule has 0 aliphatic rings. The molecule has 7 heteroatoms. The summed E-state index contributed by atoms with van der Waals surface area (Å²) in [5, 5.41) is 6.82. The minimum atomic E-state index is -0.474. The van der Waals surface area contributed by atoms with Crippen LogP contribution < -0.4 is 4.74 Å². The summed E-state index contributed by atoms with van der Waals surface area (Å²) in [6.07, 6.45) is 5.66. The van der Waals surface area contributed by atoms with Gasteiger partial charge in [-0.1, -0.05) is 49.7 Å². The smallest absolute Gasteiger partial charge is 0.509 e. The van der Waals surface area contributed by atoms with Gasteiger partial charge in [0.25, 0.3) is 0 Å². The molecule has 0 N–H and O–H groups in total. The van der Waals surface area contributed by atoms with Crippen molar-refractivity contribution in [3.63, 3.8) is 0 Å². The Morgan fingerprint density at radius 2 is 1.64 bits per heavy atom. The van der Waals surface area contributed by atoms with Crippen LogP contribution in [0, 0.1) is 26.0 Å². The molecule has 0 saturated carbocycles. The van der Waals surface area contributed by atoms with Crippen molar-refractivity contribution in [1.29, 1.82) is 0 Å². The van der Waals surface area contributed by atoms with Crippen LogP contribution in [0.5, 0.6) is 11.5 Å². The van der Waals surface area contributed by atoms with Crippen molar-refractivity contribution in [3.8, 4) is 34.1 Å². The normalized spacial score (nSPS) is 11.3. The van der Waals surface area contributed by atoms with Gasteiger partial charge in [-0.25, -0.2) is 9.37 Å². The second-order valence-electron chi connectivity index (χ2n) is 11.5. The Bertz CT molecular complexity index is 2140. The minimum Gasteiger partial charge on any atom is -0.509 e. The van der Waals surface area contributed by atoms with E-state index in [2.05, 4.69) is 72.0 Å². The largest absolute Gasteiger partial charge is 2.00 e. The first kappa shape index (κ1) is 30.5. The van der Waals surface area contributed by atoms with E-state index < -0.39 is 6.67 Å². The number of ether oxygens (including phenoxy) is 1. The first-order chi connectivity index (χ1) is 21.4. The molecule has 0 saturated heterocycles. The maximum atomic E-state index is 13.3. The number of benzene rings is 4. The number of para-hydroxylation sites is 1. The first-order valence-corrected chi connectivity index (χ1v) is 14.7. The number of nitrogens with zero attached hydrogens (tertiary/aromatic N) is 4.